The summed E-state index contributed by atoms with van der Waals surface area (Å²) in [6, 6.07) is 10.1. The van der Waals surface area contributed by atoms with Gasteiger partial charge in [0.15, 0.2) is 0 Å². The topological polar surface area (TPSA) is 47.3 Å². The number of anilines is 1. The molecule has 0 aliphatic heterocycles. The fraction of sp³-hybridized carbons (Fsp3) is 0.467. The molecule has 19 heavy (non-hydrogen) atoms. The van der Waals surface area contributed by atoms with Crippen LogP contribution in [0.15, 0.2) is 24.3 Å². The summed E-state index contributed by atoms with van der Waals surface area (Å²) in [4.78, 5) is 16.3. The van der Waals surface area contributed by atoms with Gasteiger partial charge < -0.3 is 9.80 Å². The first kappa shape index (κ1) is 13.4. The summed E-state index contributed by atoms with van der Waals surface area (Å²) >= 11 is 0. The molecule has 100 valence electrons. The monoisotopic (exact) mass is 257 g/mol. The summed E-state index contributed by atoms with van der Waals surface area (Å²) in [7, 11) is 3.91. The highest BCUT2D eigenvalue weighted by atomic mass is 16.2. The zero-order chi connectivity index (χ0) is 13.8. The number of benzene rings is 1. The van der Waals surface area contributed by atoms with Gasteiger partial charge in [0.25, 0.3) is 5.91 Å². The van der Waals surface area contributed by atoms with E-state index in [1.807, 2.05) is 48.2 Å². The van der Waals surface area contributed by atoms with Gasteiger partial charge in [-0.25, -0.2) is 0 Å². The average Bonchev–Trinajstić information content (AvgIpc) is 3.23. The van der Waals surface area contributed by atoms with Crippen LogP contribution in [0.4, 0.5) is 5.69 Å². The van der Waals surface area contributed by atoms with Gasteiger partial charge >= 0.3 is 0 Å². The van der Waals surface area contributed by atoms with Gasteiger partial charge in [0.1, 0.15) is 0 Å². The summed E-state index contributed by atoms with van der Waals surface area (Å²) < 4.78 is 0. The van der Waals surface area contributed by atoms with Crippen molar-refractivity contribution in [3.8, 4) is 6.07 Å². The molecule has 0 unspecified atom stereocenters. The van der Waals surface area contributed by atoms with Crippen molar-refractivity contribution in [2.24, 2.45) is 0 Å². The van der Waals surface area contributed by atoms with Crippen LogP contribution in [-0.4, -0.2) is 37.5 Å². The third-order valence-electron chi connectivity index (χ3n) is 3.32. The smallest absolute Gasteiger partial charge is 0.254 e. The highest BCUT2D eigenvalue weighted by molar-refractivity contribution is 5.95. The van der Waals surface area contributed by atoms with Crippen LogP contribution in [0.5, 0.6) is 0 Å². The molecule has 1 amide bonds. The van der Waals surface area contributed by atoms with E-state index >= 15 is 0 Å². The summed E-state index contributed by atoms with van der Waals surface area (Å²) in [5.74, 6) is 0.0430. The minimum atomic E-state index is 0.0430. The van der Waals surface area contributed by atoms with E-state index in [0.717, 1.165) is 18.5 Å². The minimum Gasteiger partial charge on any atom is -0.378 e. The summed E-state index contributed by atoms with van der Waals surface area (Å²) in [6.45, 7) is 0.534. The second-order valence-corrected chi connectivity index (χ2v) is 5.08. The predicted octanol–water partition coefficient (Wildman–Crippen LogP) is 2.27. The number of rotatable bonds is 5. The standard InChI is InChI=1S/C15H19N3O/c1-17(2)14-6-3-5-12(11-14)15(19)18(10-4-9-16)13-7-8-13/h3,5-6,11,13H,4,7-8,10H2,1-2H3. The Bertz CT molecular complexity index is 500. The van der Waals surface area contributed by atoms with Crippen molar-refractivity contribution in [2.75, 3.05) is 25.5 Å². The van der Waals surface area contributed by atoms with E-state index in [9.17, 15) is 4.79 Å². The van der Waals surface area contributed by atoms with Crippen LogP contribution in [0.1, 0.15) is 29.6 Å². The third-order valence-corrected chi connectivity index (χ3v) is 3.32. The minimum absolute atomic E-state index is 0.0430. The average molecular weight is 257 g/mol. The van der Waals surface area contributed by atoms with Gasteiger partial charge in [-0.05, 0) is 31.0 Å². The van der Waals surface area contributed by atoms with Crippen molar-refractivity contribution in [1.29, 1.82) is 5.26 Å². The molecule has 0 radical (unpaired) electrons. The van der Waals surface area contributed by atoms with Gasteiger partial charge in [-0.2, -0.15) is 5.26 Å². The first-order valence-corrected chi connectivity index (χ1v) is 6.59. The molecule has 0 aromatic heterocycles. The maximum atomic E-state index is 12.5. The lowest BCUT2D eigenvalue weighted by Gasteiger charge is -2.22. The van der Waals surface area contributed by atoms with Crippen LogP contribution in [0, 0.1) is 11.3 Å². The van der Waals surface area contributed by atoms with E-state index < -0.39 is 0 Å². The van der Waals surface area contributed by atoms with E-state index in [0.29, 0.717) is 24.6 Å². The number of carbonyl (C=O) groups is 1. The summed E-state index contributed by atoms with van der Waals surface area (Å²) in [5, 5.41) is 8.69. The lowest BCUT2D eigenvalue weighted by molar-refractivity contribution is 0.0747. The van der Waals surface area contributed by atoms with Crippen molar-refractivity contribution in [3.63, 3.8) is 0 Å². The molecule has 1 aromatic carbocycles. The fourth-order valence-electron chi connectivity index (χ4n) is 2.09. The second kappa shape index (κ2) is 5.75. The molecular formula is C15H19N3O. The van der Waals surface area contributed by atoms with Crippen LogP contribution in [0.2, 0.25) is 0 Å². The Morgan fingerprint density at radius 2 is 2.16 bits per heavy atom. The third kappa shape index (κ3) is 3.25. The normalized spacial score (nSPS) is 13.7. The Hall–Kier alpha value is -2.02. The zero-order valence-corrected chi connectivity index (χ0v) is 11.5. The lowest BCUT2D eigenvalue weighted by Crippen LogP contribution is -2.34. The number of hydrogen-bond donors (Lipinski definition) is 0. The number of carbonyl (C=O) groups excluding carboxylic acids is 1. The van der Waals surface area contributed by atoms with E-state index in [-0.39, 0.29) is 5.91 Å². The molecule has 4 nitrogen and oxygen atoms in total. The fourth-order valence-corrected chi connectivity index (χ4v) is 2.09. The number of amides is 1. The largest absolute Gasteiger partial charge is 0.378 e. The Kier molecular flexibility index (Phi) is 4.06. The molecule has 0 saturated heterocycles. The molecule has 0 bridgehead atoms. The molecule has 2 rings (SSSR count). The lowest BCUT2D eigenvalue weighted by atomic mass is 10.1. The van der Waals surface area contributed by atoms with Crippen molar-refractivity contribution in [2.45, 2.75) is 25.3 Å². The van der Waals surface area contributed by atoms with E-state index in [1.165, 1.54) is 0 Å². The van der Waals surface area contributed by atoms with Gasteiger partial charge in [0, 0.05) is 37.9 Å². The van der Waals surface area contributed by atoms with Crippen molar-refractivity contribution >= 4 is 11.6 Å². The first-order chi connectivity index (χ1) is 9.13. The Morgan fingerprint density at radius 3 is 2.74 bits per heavy atom. The van der Waals surface area contributed by atoms with Crippen molar-refractivity contribution in [1.82, 2.24) is 4.90 Å². The van der Waals surface area contributed by atoms with E-state index in [4.69, 9.17) is 5.26 Å². The molecule has 0 heterocycles. The van der Waals surface area contributed by atoms with Crippen molar-refractivity contribution < 1.29 is 4.79 Å². The maximum absolute atomic E-state index is 12.5. The van der Waals surface area contributed by atoms with Gasteiger partial charge in [-0.3, -0.25) is 4.79 Å². The number of nitrogens with zero attached hydrogens (tertiary/aromatic N) is 3. The number of hydrogen-bond acceptors (Lipinski definition) is 3. The first-order valence-electron chi connectivity index (χ1n) is 6.59. The molecule has 1 aliphatic rings. The van der Waals surface area contributed by atoms with Gasteiger partial charge in [0.2, 0.25) is 0 Å². The summed E-state index contributed by atoms with van der Waals surface area (Å²) in [6.07, 6.45) is 2.52. The van der Waals surface area contributed by atoms with Crippen LogP contribution >= 0.6 is 0 Å². The Balaban J connectivity index is 2.16. The second-order valence-electron chi connectivity index (χ2n) is 5.08. The molecule has 0 spiro atoms. The zero-order valence-electron chi connectivity index (χ0n) is 11.5. The highest BCUT2D eigenvalue weighted by Gasteiger charge is 2.32. The van der Waals surface area contributed by atoms with E-state index in [1.54, 1.807) is 0 Å². The SMILES string of the molecule is CN(C)c1cccc(C(=O)N(CCC#N)C2CC2)c1. The molecule has 1 fully saturated rings. The van der Waals surface area contributed by atoms with Gasteiger partial charge in [0.05, 0.1) is 12.5 Å². The molecule has 1 aromatic rings. The van der Waals surface area contributed by atoms with Gasteiger partial charge in [-0.1, -0.05) is 6.07 Å². The van der Waals surface area contributed by atoms with Crippen LogP contribution < -0.4 is 4.90 Å². The Morgan fingerprint density at radius 1 is 1.42 bits per heavy atom. The highest BCUT2D eigenvalue weighted by Crippen LogP contribution is 2.28. The van der Waals surface area contributed by atoms with Gasteiger partial charge in [-0.15, -0.1) is 0 Å². The summed E-state index contributed by atoms with van der Waals surface area (Å²) in [5.41, 5.74) is 1.72. The van der Waals surface area contributed by atoms with E-state index in [2.05, 4.69) is 6.07 Å². The van der Waals surface area contributed by atoms with Crippen LogP contribution in [-0.2, 0) is 0 Å². The van der Waals surface area contributed by atoms with Crippen LogP contribution in [0.25, 0.3) is 0 Å². The molecule has 1 aliphatic carbocycles. The van der Waals surface area contributed by atoms with Crippen LogP contribution in [0.3, 0.4) is 0 Å². The molecular weight excluding hydrogens is 238 g/mol. The maximum Gasteiger partial charge on any atom is 0.254 e. The Labute approximate surface area is 114 Å². The molecule has 0 atom stereocenters. The molecule has 1 saturated carbocycles. The molecule has 0 N–H and O–H groups in total. The predicted molar refractivity (Wildman–Crippen MR) is 75.1 cm³/mol. The quantitative estimate of drug-likeness (QED) is 0.813. The van der Waals surface area contributed by atoms with Crippen molar-refractivity contribution in [3.05, 3.63) is 29.8 Å². The molecule has 4 heteroatoms. The number of nitriles is 1.